The van der Waals surface area contributed by atoms with Gasteiger partial charge in [0.2, 0.25) is 5.91 Å². The van der Waals surface area contributed by atoms with Gasteiger partial charge in [-0.1, -0.05) is 6.07 Å². The lowest BCUT2D eigenvalue weighted by Crippen LogP contribution is -2.62. The number of fused-ring (bicyclic) bond motifs is 4. The van der Waals surface area contributed by atoms with Crippen molar-refractivity contribution in [1.82, 2.24) is 14.7 Å². The Hall–Kier alpha value is -1.40. The predicted octanol–water partition coefficient (Wildman–Crippen LogP) is 2.69. The minimum atomic E-state index is 0.204. The molecule has 4 aliphatic rings. The molecular formula is C21H29N3O2S. The molecule has 4 saturated heterocycles. The van der Waals surface area contributed by atoms with E-state index in [2.05, 4.69) is 9.80 Å². The number of carbonyl (C=O) groups is 2. The van der Waals surface area contributed by atoms with E-state index < -0.39 is 0 Å². The number of piperidine rings is 4. The third-order valence-electron chi connectivity index (χ3n) is 7.21. The number of carbonyl (C=O) groups excluding carboxylic acids is 2. The maximum Gasteiger partial charge on any atom is 0.263 e. The monoisotopic (exact) mass is 387 g/mol. The van der Waals surface area contributed by atoms with Gasteiger partial charge in [0.05, 0.1) is 4.88 Å². The van der Waals surface area contributed by atoms with Crippen LogP contribution in [-0.4, -0.2) is 71.3 Å². The van der Waals surface area contributed by atoms with Crippen LogP contribution in [0.4, 0.5) is 0 Å². The Kier molecular flexibility index (Phi) is 4.72. The Bertz CT molecular complexity index is 698. The molecule has 0 radical (unpaired) electrons. The Balaban J connectivity index is 1.20. The highest BCUT2D eigenvalue weighted by molar-refractivity contribution is 7.12. The smallest absolute Gasteiger partial charge is 0.263 e. The summed E-state index contributed by atoms with van der Waals surface area (Å²) >= 11 is 1.54. The molecule has 2 unspecified atom stereocenters. The molecule has 4 fully saturated rings. The molecule has 0 aromatic carbocycles. The van der Waals surface area contributed by atoms with E-state index in [1.807, 2.05) is 22.4 Å². The number of likely N-dealkylation sites (tertiary alicyclic amines) is 2. The second-order valence-corrected chi connectivity index (χ2v) is 9.77. The summed E-state index contributed by atoms with van der Waals surface area (Å²) in [4.78, 5) is 32.7. The van der Waals surface area contributed by atoms with E-state index >= 15 is 0 Å². The topological polar surface area (TPSA) is 43.9 Å². The first-order valence-electron chi connectivity index (χ1n) is 10.6. The summed E-state index contributed by atoms with van der Waals surface area (Å²) in [6, 6.07) is 4.98. The summed E-state index contributed by atoms with van der Waals surface area (Å²) in [5, 5.41) is 1.98. The first-order valence-corrected chi connectivity index (χ1v) is 11.4. The Morgan fingerprint density at radius 1 is 1.11 bits per heavy atom. The second kappa shape index (κ2) is 7.21. The fraction of sp³-hybridized carbons (Fsp3) is 0.714. The molecule has 6 heteroatoms. The molecule has 2 amide bonds. The zero-order valence-electron chi connectivity index (χ0n) is 15.9. The molecule has 4 aliphatic heterocycles. The number of amides is 2. The Labute approximate surface area is 165 Å². The van der Waals surface area contributed by atoms with Gasteiger partial charge in [0.25, 0.3) is 5.91 Å². The molecule has 146 valence electrons. The third kappa shape index (κ3) is 3.31. The zero-order chi connectivity index (χ0) is 18.4. The first-order chi connectivity index (χ1) is 13.2. The van der Waals surface area contributed by atoms with Crippen molar-refractivity contribution in [3.63, 3.8) is 0 Å². The molecular weight excluding hydrogens is 358 g/mol. The van der Waals surface area contributed by atoms with Gasteiger partial charge in [0.1, 0.15) is 0 Å². The van der Waals surface area contributed by atoms with Gasteiger partial charge in [-0.2, -0.15) is 0 Å². The summed E-state index contributed by atoms with van der Waals surface area (Å²) in [5.74, 6) is 1.91. The van der Waals surface area contributed by atoms with Gasteiger partial charge in [0.15, 0.2) is 0 Å². The summed E-state index contributed by atoms with van der Waals surface area (Å²) < 4.78 is 0. The minimum Gasteiger partial charge on any atom is -0.339 e. The average Bonchev–Trinajstić information content (AvgIpc) is 3.23. The fourth-order valence-electron chi connectivity index (χ4n) is 5.94. The van der Waals surface area contributed by atoms with E-state index in [1.165, 1.54) is 12.8 Å². The van der Waals surface area contributed by atoms with Gasteiger partial charge in [0, 0.05) is 51.2 Å². The molecule has 0 saturated carbocycles. The number of nitrogens with zero attached hydrogens (tertiary/aromatic N) is 3. The molecule has 0 spiro atoms. The number of thiophene rings is 1. The van der Waals surface area contributed by atoms with Crippen molar-refractivity contribution in [2.75, 3.05) is 32.7 Å². The highest BCUT2D eigenvalue weighted by atomic mass is 32.1. The van der Waals surface area contributed by atoms with Gasteiger partial charge >= 0.3 is 0 Å². The van der Waals surface area contributed by atoms with Crippen molar-refractivity contribution >= 4 is 23.2 Å². The van der Waals surface area contributed by atoms with Gasteiger partial charge in [-0.3, -0.25) is 14.5 Å². The largest absolute Gasteiger partial charge is 0.339 e. The van der Waals surface area contributed by atoms with Crippen LogP contribution < -0.4 is 0 Å². The van der Waals surface area contributed by atoms with E-state index in [1.54, 1.807) is 11.3 Å². The van der Waals surface area contributed by atoms with Crippen LogP contribution in [0, 0.1) is 11.8 Å². The van der Waals surface area contributed by atoms with Crippen LogP contribution in [-0.2, 0) is 4.79 Å². The molecule has 1 aromatic rings. The summed E-state index contributed by atoms with van der Waals surface area (Å²) in [5.41, 5.74) is 0. The number of rotatable bonds is 2. The fourth-order valence-corrected chi connectivity index (χ4v) is 6.63. The number of hydrogen-bond acceptors (Lipinski definition) is 4. The van der Waals surface area contributed by atoms with Crippen LogP contribution in [0.25, 0.3) is 0 Å². The van der Waals surface area contributed by atoms with Crippen LogP contribution in [0.1, 0.15) is 48.2 Å². The minimum absolute atomic E-state index is 0.204. The predicted molar refractivity (Wildman–Crippen MR) is 106 cm³/mol. The first kappa shape index (κ1) is 17.7. The van der Waals surface area contributed by atoms with E-state index in [0.29, 0.717) is 29.8 Å². The maximum absolute atomic E-state index is 12.6. The average molecular weight is 388 g/mol. The molecule has 5 rings (SSSR count). The summed E-state index contributed by atoms with van der Waals surface area (Å²) in [6.07, 6.45) is 6.51. The molecule has 2 bridgehead atoms. The molecule has 3 atom stereocenters. The highest BCUT2D eigenvalue weighted by Gasteiger charge is 2.45. The van der Waals surface area contributed by atoms with Gasteiger partial charge in [-0.25, -0.2) is 0 Å². The van der Waals surface area contributed by atoms with E-state index in [0.717, 1.165) is 63.3 Å². The van der Waals surface area contributed by atoms with Crippen molar-refractivity contribution in [2.24, 2.45) is 11.8 Å². The highest BCUT2D eigenvalue weighted by Crippen LogP contribution is 2.39. The van der Waals surface area contributed by atoms with Gasteiger partial charge in [-0.15, -0.1) is 11.3 Å². The summed E-state index contributed by atoms with van der Waals surface area (Å²) in [7, 11) is 0. The van der Waals surface area contributed by atoms with Crippen LogP contribution in [0.2, 0.25) is 0 Å². The zero-order valence-corrected chi connectivity index (χ0v) is 16.7. The van der Waals surface area contributed by atoms with Crippen molar-refractivity contribution in [3.8, 4) is 0 Å². The van der Waals surface area contributed by atoms with Crippen LogP contribution in [0.3, 0.4) is 0 Å². The normalized spacial score (nSPS) is 32.4. The third-order valence-corrected chi connectivity index (χ3v) is 8.07. The standard InChI is InChI=1S/C21H29N3O2S/c25-20-5-1-3-18-16-11-15(13-24(18)20)12-23(14-16)17-6-8-22(9-7-17)21(26)19-4-2-10-27-19/h2,4,10,15-18H,1,3,5-9,11-14H2/t15?,16?,18-/m1/s1. The molecule has 1 aromatic heterocycles. The van der Waals surface area contributed by atoms with Crippen molar-refractivity contribution in [3.05, 3.63) is 22.4 Å². The lowest BCUT2D eigenvalue weighted by atomic mass is 9.75. The van der Waals surface area contributed by atoms with E-state index in [4.69, 9.17) is 0 Å². The van der Waals surface area contributed by atoms with Crippen LogP contribution in [0.15, 0.2) is 17.5 Å². The lowest BCUT2D eigenvalue weighted by molar-refractivity contribution is -0.145. The maximum atomic E-state index is 12.6. The molecule has 5 heterocycles. The van der Waals surface area contributed by atoms with E-state index in [9.17, 15) is 9.59 Å². The van der Waals surface area contributed by atoms with E-state index in [-0.39, 0.29) is 5.91 Å². The van der Waals surface area contributed by atoms with Crippen molar-refractivity contribution in [1.29, 1.82) is 0 Å². The summed E-state index contributed by atoms with van der Waals surface area (Å²) in [6.45, 7) is 5.01. The number of hydrogen-bond donors (Lipinski definition) is 0. The SMILES string of the molecule is O=C(c1cccs1)N1CCC(N2CC3CC(C2)[C@H]2CCCC(=O)N2C3)CC1. The van der Waals surface area contributed by atoms with Gasteiger partial charge in [-0.05, 0) is 55.4 Å². The lowest BCUT2D eigenvalue weighted by Gasteiger charge is -2.54. The Morgan fingerprint density at radius 2 is 1.96 bits per heavy atom. The van der Waals surface area contributed by atoms with Crippen LogP contribution in [0.5, 0.6) is 0 Å². The molecule has 27 heavy (non-hydrogen) atoms. The Morgan fingerprint density at radius 3 is 2.74 bits per heavy atom. The second-order valence-electron chi connectivity index (χ2n) is 8.82. The van der Waals surface area contributed by atoms with Crippen molar-refractivity contribution in [2.45, 2.75) is 50.6 Å². The van der Waals surface area contributed by atoms with Gasteiger partial charge < -0.3 is 9.80 Å². The molecule has 0 aliphatic carbocycles. The quantitative estimate of drug-likeness (QED) is 0.784. The molecule has 0 N–H and O–H groups in total. The van der Waals surface area contributed by atoms with Crippen molar-refractivity contribution < 1.29 is 9.59 Å². The van der Waals surface area contributed by atoms with Crippen LogP contribution >= 0.6 is 11.3 Å². The molecule has 5 nitrogen and oxygen atoms in total.